The molecule has 0 bridgehead atoms. The number of nitrogens with one attached hydrogen (secondary N) is 1. The zero-order chi connectivity index (χ0) is 15.9. The lowest BCUT2D eigenvalue weighted by molar-refractivity contribution is 0.296. The molecule has 4 nitrogen and oxygen atoms in total. The maximum absolute atomic E-state index is 13.1. The number of hydrogen-bond acceptors (Lipinski definition) is 4. The molecule has 3 rings (SSSR count). The van der Waals surface area contributed by atoms with Crippen LogP contribution in [0.3, 0.4) is 0 Å². The molecule has 22 heavy (non-hydrogen) atoms. The minimum Gasteiger partial charge on any atom is -0.317 e. The van der Waals surface area contributed by atoms with Gasteiger partial charge in [0.1, 0.15) is 4.90 Å². The number of benzene rings is 1. The molecule has 0 aliphatic carbocycles. The molecule has 1 N–H and O–H groups in total. The fourth-order valence-corrected chi connectivity index (χ4v) is 6.32. The van der Waals surface area contributed by atoms with Gasteiger partial charge in [-0.05, 0) is 51.1 Å². The molecule has 0 unspecified atom stereocenters. The maximum Gasteiger partial charge on any atom is 0.244 e. The van der Waals surface area contributed by atoms with Crippen molar-refractivity contribution in [2.75, 3.05) is 20.1 Å². The number of rotatable bonds is 3. The SMILES string of the molecule is Cc1sc2ccc(Cl)cc2c1S(=O)(=O)N(C)C1CCNCC1. The van der Waals surface area contributed by atoms with Crippen LogP contribution in [0.2, 0.25) is 5.02 Å². The molecule has 1 aromatic heterocycles. The van der Waals surface area contributed by atoms with E-state index in [-0.39, 0.29) is 6.04 Å². The minimum absolute atomic E-state index is 0.0554. The van der Waals surface area contributed by atoms with Gasteiger partial charge in [-0.15, -0.1) is 11.3 Å². The molecule has 0 spiro atoms. The van der Waals surface area contributed by atoms with E-state index in [0.717, 1.165) is 40.9 Å². The summed E-state index contributed by atoms with van der Waals surface area (Å²) in [5.74, 6) is 0. The van der Waals surface area contributed by atoms with Crippen molar-refractivity contribution in [1.82, 2.24) is 9.62 Å². The van der Waals surface area contributed by atoms with Crippen molar-refractivity contribution in [1.29, 1.82) is 0 Å². The first-order valence-electron chi connectivity index (χ1n) is 7.28. The van der Waals surface area contributed by atoms with E-state index in [1.54, 1.807) is 23.5 Å². The van der Waals surface area contributed by atoms with Crippen LogP contribution in [0.25, 0.3) is 10.1 Å². The van der Waals surface area contributed by atoms with Gasteiger partial charge in [-0.3, -0.25) is 0 Å². The van der Waals surface area contributed by atoms with Crippen LogP contribution in [0, 0.1) is 6.92 Å². The Morgan fingerprint density at radius 3 is 2.68 bits per heavy atom. The van der Waals surface area contributed by atoms with E-state index in [4.69, 9.17) is 11.6 Å². The first-order valence-corrected chi connectivity index (χ1v) is 9.92. The van der Waals surface area contributed by atoms with Gasteiger partial charge in [0, 0.05) is 33.1 Å². The van der Waals surface area contributed by atoms with E-state index in [1.165, 1.54) is 11.3 Å². The van der Waals surface area contributed by atoms with Gasteiger partial charge in [0.2, 0.25) is 10.0 Å². The van der Waals surface area contributed by atoms with Gasteiger partial charge < -0.3 is 5.32 Å². The Labute approximate surface area is 140 Å². The van der Waals surface area contributed by atoms with Crippen LogP contribution in [-0.4, -0.2) is 38.9 Å². The van der Waals surface area contributed by atoms with Crippen LogP contribution in [0.1, 0.15) is 17.7 Å². The molecule has 2 aromatic rings. The molecular formula is C15H19ClN2O2S2. The molecule has 2 heterocycles. The van der Waals surface area contributed by atoms with Crippen molar-refractivity contribution in [3.8, 4) is 0 Å². The summed E-state index contributed by atoms with van der Waals surface area (Å²) < 4.78 is 28.7. The number of fused-ring (bicyclic) bond motifs is 1. The largest absolute Gasteiger partial charge is 0.317 e. The van der Waals surface area contributed by atoms with Crippen LogP contribution < -0.4 is 5.32 Å². The minimum atomic E-state index is -3.51. The molecule has 120 valence electrons. The van der Waals surface area contributed by atoms with Crippen LogP contribution >= 0.6 is 22.9 Å². The van der Waals surface area contributed by atoms with Gasteiger partial charge >= 0.3 is 0 Å². The molecule has 1 aliphatic rings. The normalized spacial score (nSPS) is 17.5. The average molecular weight is 359 g/mol. The summed E-state index contributed by atoms with van der Waals surface area (Å²) in [6.07, 6.45) is 1.69. The Bertz CT molecular complexity index is 795. The van der Waals surface area contributed by atoms with E-state index in [1.807, 2.05) is 13.0 Å². The summed E-state index contributed by atoms with van der Waals surface area (Å²) in [6.45, 7) is 3.58. The summed E-state index contributed by atoms with van der Waals surface area (Å²) in [5, 5.41) is 4.56. The van der Waals surface area contributed by atoms with Crippen molar-refractivity contribution < 1.29 is 8.42 Å². The molecule has 0 saturated carbocycles. The lowest BCUT2D eigenvalue weighted by Gasteiger charge is -2.31. The van der Waals surface area contributed by atoms with Crippen molar-refractivity contribution in [2.45, 2.75) is 30.7 Å². The number of nitrogens with zero attached hydrogens (tertiary/aromatic N) is 1. The number of piperidine rings is 1. The molecule has 7 heteroatoms. The highest BCUT2D eigenvalue weighted by atomic mass is 35.5. The van der Waals surface area contributed by atoms with Gasteiger partial charge in [-0.2, -0.15) is 4.31 Å². The predicted molar refractivity (Wildman–Crippen MR) is 92.4 cm³/mol. The molecule has 1 saturated heterocycles. The quantitative estimate of drug-likeness (QED) is 0.916. The van der Waals surface area contributed by atoms with E-state index in [0.29, 0.717) is 9.92 Å². The van der Waals surface area contributed by atoms with Gasteiger partial charge in [-0.1, -0.05) is 11.6 Å². The summed E-state index contributed by atoms with van der Waals surface area (Å²) in [5.41, 5.74) is 0. The van der Waals surface area contributed by atoms with Gasteiger partial charge in [0.05, 0.1) is 0 Å². The number of halogens is 1. The lowest BCUT2D eigenvalue weighted by Crippen LogP contribution is -2.43. The Hall–Kier alpha value is -0.660. The number of thiophene rings is 1. The lowest BCUT2D eigenvalue weighted by atomic mass is 10.1. The third-order valence-electron chi connectivity index (χ3n) is 4.23. The third-order valence-corrected chi connectivity index (χ3v) is 7.78. The zero-order valence-electron chi connectivity index (χ0n) is 12.6. The van der Waals surface area contributed by atoms with E-state index in [2.05, 4.69) is 5.32 Å². The zero-order valence-corrected chi connectivity index (χ0v) is 15.0. The Morgan fingerprint density at radius 1 is 1.32 bits per heavy atom. The first-order chi connectivity index (χ1) is 10.4. The molecular weight excluding hydrogens is 340 g/mol. The topological polar surface area (TPSA) is 49.4 Å². The Morgan fingerprint density at radius 2 is 2.00 bits per heavy atom. The van der Waals surface area contributed by atoms with Crippen LogP contribution in [0.5, 0.6) is 0 Å². The van der Waals surface area contributed by atoms with Crippen LogP contribution in [0.4, 0.5) is 0 Å². The molecule has 0 radical (unpaired) electrons. The fraction of sp³-hybridized carbons (Fsp3) is 0.467. The van der Waals surface area contributed by atoms with Crippen molar-refractivity contribution in [2.24, 2.45) is 0 Å². The van der Waals surface area contributed by atoms with Gasteiger partial charge in [-0.25, -0.2) is 8.42 Å². The fourth-order valence-electron chi connectivity index (χ4n) is 3.00. The van der Waals surface area contributed by atoms with Gasteiger partial charge in [0.25, 0.3) is 0 Å². The molecule has 1 aromatic carbocycles. The molecule has 1 aliphatic heterocycles. The second-order valence-electron chi connectivity index (χ2n) is 5.63. The van der Waals surface area contributed by atoms with Crippen LogP contribution in [0.15, 0.2) is 23.1 Å². The van der Waals surface area contributed by atoms with Crippen molar-refractivity contribution >= 4 is 43.0 Å². The van der Waals surface area contributed by atoms with E-state index in [9.17, 15) is 8.42 Å². The van der Waals surface area contributed by atoms with E-state index >= 15 is 0 Å². The second kappa shape index (κ2) is 6.09. The highest BCUT2D eigenvalue weighted by molar-refractivity contribution is 7.89. The predicted octanol–water partition coefficient (Wildman–Crippen LogP) is 3.24. The first kappa shape index (κ1) is 16.2. The Balaban J connectivity index is 2.08. The summed E-state index contributed by atoms with van der Waals surface area (Å²) >= 11 is 7.57. The highest BCUT2D eigenvalue weighted by Gasteiger charge is 2.32. The summed E-state index contributed by atoms with van der Waals surface area (Å²) in [6, 6.07) is 5.50. The van der Waals surface area contributed by atoms with Crippen molar-refractivity contribution in [3.63, 3.8) is 0 Å². The maximum atomic E-state index is 13.1. The monoisotopic (exact) mass is 358 g/mol. The third kappa shape index (κ3) is 2.78. The summed E-state index contributed by atoms with van der Waals surface area (Å²) in [4.78, 5) is 1.23. The smallest absolute Gasteiger partial charge is 0.244 e. The van der Waals surface area contributed by atoms with Crippen LogP contribution in [-0.2, 0) is 10.0 Å². The second-order valence-corrected chi connectivity index (χ2v) is 9.26. The van der Waals surface area contributed by atoms with E-state index < -0.39 is 10.0 Å². The standard InChI is InChI=1S/C15H19ClN2O2S2/c1-10-15(13-9-11(16)3-4-14(13)21-10)22(19,20)18(2)12-5-7-17-8-6-12/h3-4,9,12,17H,5-8H2,1-2H3. The highest BCUT2D eigenvalue weighted by Crippen LogP contribution is 2.37. The summed E-state index contributed by atoms with van der Waals surface area (Å²) in [7, 11) is -1.82. The van der Waals surface area contributed by atoms with Gasteiger partial charge in [0.15, 0.2) is 0 Å². The Kier molecular flexibility index (Phi) is 4.49. The number of hydrogen-bond donors (Lipinski definition) is 1. The van der Waals surface area contributed by atoms with Crippen molar-refractivity contribution in [3.05, 3.63) is 28.1 Å². The molecule has 0 amide bonds. The number of sulfonamides is 1. The molecule has 0 atom stereocenters. The molecule has 1 fully saturated rings. The number of aryl methyl sites for hydroxylation is 1. The average Bonchev–Trinajstić information content (AvgIpc) is 2.83.